The highest BCUT2D eigenvalue weighted by atomic mass is 16.2. The van der Waals surface area contributed by atoms with Crippen molar-refractivity contribution in [3.8, 4) is 0 Å². The van der Waals surface area contributed by atoms with E-state index in [-0.39, 0.29) is 11.9 Å². The summed E-state index contributed by atoms with van der Waals surface area (Å²) in [6.45, 7) is 4.70. The second-order valence-corrected chi connectivity index (χ2v) is 9.15. The Morgan fingerprint density at radius 2 is 1.71 bits per heavy atom. The lowest BCUT2D eigenvalue weighted by Gasteiger charge is -2.25. The smallest absolute Gasteiger partial charge is 0.325 e. The number of likely N-dealkylation sites (tertiary alicyclic amines) is 1. The molecule has 4 aliphatic rings. The number of carbonyl (C=O) groups excluding carboxylic acids is 2. The lowest BCUT2D eigenvalue weighted by molar-refractivity contribution is -0.125. The van der Waals surface area contributed by atoms with Gasteiger partial charge < -0.3 is 15.5 Å². The highest BCUT2D eigenvalue weighted by molar-refractivity contribution is 6.02. The third-order valence-electron chi connectivity index (χ3n) is 7.58. The van der Waals surface area contributed by atoms with E-state index in [0.717, 1.165) is 12.1 Å². The SMILES string of the molecule is NC(=O)[C@]12CCCN1C(=O)N(c1ccc(C3(CCN4CCCC4)CC3)cc1)C2. The van der Waals surface area contributed by atoms with E-state index < -0.39 is 5.54 Å². The zero-order valence-electron chi connectivity index (χ0n) is 16.5. The van der Waals surface area contributed by atoms with E-state index >= 15 is 0 Å². The Balaban J connectivity index is 1.30. The molecule has 5 rings (SSSR count). The first kappa shape index (κ1) is 18.0. The van der Waals surface area contributed by atoms with Crippen LogP contribution in [-0.2, 0) is 10.2 Å². The molecule has 4 fully saturated rings. The number of benzene rings is 1. The molecule has 150 valence electrons. The molecule has 3 heterocycles. The first-order valence-electron chi connectivity index (χ1n) is 10.8. The molecule has 3 amide bonds. The molecule has 3 saturated heterocycles. The van der Waals surface area contributed by atoms with Crippen molar-refractivity contribution in [2.45, 2.75) is 55.9 Å². The van der Waals surface area contributed by atoms with E-state index in [1.807, 2.05) is 0 Å². The van der Waals surface area contributed by atoms with Crippen molar-refractivity contribution in [3.63, 3.8) is 0 Å². The van der Waals surface area contributed by atoms with Crippen molar-refractivity contribution in [1.29, 1.82) is 0 Å². The molecule has 1 aliphatic carbocycles. The first-order chi connectivity index (χ1) is 13.5. The van der Waals surface area contributed by atoms with Gasteiger partial charge in [-0.2, -0.15) is 0 Å². The predicted octanol–water partition coefficient (Wildman–Crippen LogP) is 2.46. The maximum absolute atomic E-state index is 12.9. The number of anilines is 1. The minimum atomic E-state index is -0.816. The number of amides is 3. The van der Waals surface area contributed by atoms with Crippen LogP contribution in [0, 0.1) is 0 Å². The van der Waals surface area contributed by atoms with Gasteiger partial charge in [0.05, 0.1) is 6.54 Å². The monoisotopic (exact) mass is 382 g/mol. The van der Waals surface area contributed by atoms with Gasteiger partial charge in [-0.3, -0.25) is 9.69 Å². The molecule has 6 nitrogen and oxygen atoms in total. The second kappa shape index (κ2) is 6.48. The summed E-state index contributed by atoms with van der Waals surface area (Å²) in [6.07, 6.45) is 7.96. The van der Waals surface area contributed by atoms with Crippen molar-refractivity contribution in [1.82, 2.24) is 9.80 Å². The van der Waals surface area contributed by atoms with E-state index in [1.54, 1.807) is 9.80 Å². The Kier molecular flexibility index (Phi) is 4.16. The van der Waals surface area contributed by atoms with Crippen molar-refractivity contribution in [2.75, 3.05) is 37.6 Å². The van der Waals surface area contributed by atoms with Crippen LogP contribution < -0.4 is 10.6 Å². The number of fused-ring (bicyclic) bond motifs is 1. The molecule has 1 aromatic carbocycles. The quantitative estimate of drug-likeness (QED) is 0.822. The molecule has 1 aromatic rings. The molecular weight excluding hydrogens is 352 g/mol. The summed E-state index contributed by atoms with van der Waals surface area (Å²) in [7, 11) is 0. The highest BCUT2D eigenvalue weighted by Gasteiger charge is 2.56. The van der Waals surface area contributed by atoms with Gasteiger partial charge in [-0.25, -0.2) is 4.79 Å². The summed E-state index contributed by atoms with van der Waals surface area (Å²) in [5.74, 6) is -0.378. The topological polar surface area (TPSA) is 69.9 Å². The maximum atomic E-state index is 12.9. The number of primary amides is 1. The van der Waals surface area contributed by atoms with Crippen LogP contribution in [0.15, 0.2) is 24.3 Å². The van der Waals surface area contributed by atoms with Crippen LogP contribution in [0.1, 0.15) is 50.5 Å². The third kappa shape index (κ3) is 2.72. The molecule has 0 bridgehead atoms. The fraction of sp³-hybridized carbons (Fsp3) is 0.636. The molecule has 1 atom stereocenters. The summed E-state index contributed by atoms with van der Waals surface area (Å²) < 4.78 is 0. The molecule has 0 radical (unpaired) electrons. The molecule has 0 spiro atoms. The van der Waals surface area contributed by atoms with Gasteiger partial charge >= 0.3 is 6.03 Å². The molecule has 6 heteroatoms. The number of rotatable bonds is 6. The number of nitrogens with zero attached hydrogens (tertiary/aromatic N) is 3. The Labute approximate surface area is 166 Å². The van der Waals surface area contributed by atoms with Crippen molar-refractivity contribution >= 4 is 17.6 Å². The Hall–Kier alpha value is -2.08. The summed E-state index contributed by atoms with van der Waals surface area (Å²) in [4.78, 5) is 31.0. The Morgan fingerprint density at radius 1 is 1.00 bits per heavy atom. The van der Waals surface area contributed by atoms with Gasteiger partial charge in [0.25, 0.3) is 0 Å². The van der Waals surface area contributed by atoms with Crippen LogP contribution in [0.5, 0.6) is 0 Å². The van der Waals surface area contributed by atoms with Crippen LogP contribution in [0.4, 0.5) is 10.5 Å². The van der Waals surface area contributed by atoms with E-state index in [4.69, 9.17) is 5.73 Å². The minimum absolute atomic E-state index is 0.0841. The van der Waals surface area contributed by atoms with Crippen molar-refractivity contribution in [2.24, 2.45) is 5.73 Å². The van der Waals surface area contributed by atoms with Crippen LogP contribution in [0.25, 0.3) is 0 Å². The zero-order valence-corrected chi connectivity index (χ0v) is 16.5. The molecule has 0 aromatic heterocycles. The largest absolute Gasteiger partial charge is 0.368 e. The van der Waals surface area contributed by atoms with Crippen LogP contribution in [0.2, 0.25) is 0 Å². The Bertz CT molecular complexity index is 782. The molecule has 2 N–H and O–H groups in total. The second-order valence-electron chi connectivity index (χ2n) is 9.15. The summed E-state index contributed by atoms with van der Waals surface area (Å²) >= 11 is 0. The van der Waals surface area contributed by atoms with E-state index in [2.05, 4.69) is 29.2 Å². The fourth-order valence-corrected chi connectivity index (χ4v) is 5.54. The normalized spacial score (nSPS) is 28.8. The predicted molar refractivity (Wildman–Crippen MR) is 108 cm³/mol. The standard InChI is InChI=1S/C22H30N4O2/c23-19(27)22-8-3-14-26(22)20(28)25(16-22)18-6-4-17(5-7-18)21(9-10-21)11-15-24-12-1-2-13-24/h4-7H,1-3,8-16H2,(H2,23,27)/t22-/m1/s1. The van der Waals surface area contributed by atoms with E-state index in [9.17, 15) is 9.59 Å². The van der Waals surface area contributed by atoms with Gasteiger partial charge in [0.1, 0.15) is 5.54 Å². The number of nitrogens with two attached hydrogens (primary N) is 1. The minimum Gasteiger partial charge on any atom is -0.368 e. The summed E-state index contributed by atoms with van der Waals surface area (Å²) in [6, 6.07) is 8.42. The number of urea groups is 1. The average molecular weight is 383 g/mol. The number of hydrogen-bond donors (Lipinski definition) is 1. The van der Waals surface area contributed by atoms with Crippen LogP contribution in [-0.4, -0.2) is 60.0 Å². The van der Waals surface area contributed by atoms with E-state index in [0.29, 0.717) is 24.9 Å². The van der Waals surface area contributed by atoms with Gasteiger partial charge in [0.2, 0.25) is 5.91 Å². The van der Waals surface area contributed by atoms with Gasteiger partial charge in [0.15, 0.2) is 0 Å². The fourth-order valence-electron chi connectivity index (χ4n) is 5.54. The molecule has 3 aliphatic heterocycles. The van der Waals surface area contributed by atoms with Gasteiger partial charge in [-0.15, -0.1) is 0 Å². The lowest BCUT2D eigenvalue weighted by atomic mass is 9.92. The van der Waals surface area contributed by atoms with Gasteiger partial charge in [-0.05, 0) is 87.7 Å². The number of hydrogen-bond acceptors (Lipinski definition) is 3. The van der Waals surface area contributed by atoms with E-state index in [1.165, 1.54) is 57.3 Å². The first-order valence-corrected chi connectivity index (χ1v) is 10.8. The third-order valence-corrected chi connectivity index (χ3v) is 7.58. The molecule has 1 saturated carbocycles. The highest BCUT2D eigenvalue weighted by Crippen LogP contribution is 2.51. The summed E-state index contributed by atoms with van der Waals surface area (Å²) in [5.41, 5.74) is 7.48. The average Bonchev–Trinajstić information content (AvgIpc) is 3.06. The van der Waals surface area contributed by atoms with Crippen LogP contribution in [0.3, 0.4) is 0 Å². The number of carbonyl (C=O) groups is 2. The van der Waals surface area contributed by atoms with Crippen LogP contribution >= 0.6 is 0 Å². The van der Waals surface area contributed by atoms with Crippen molar-refractivity contribution < 1.29 is 9.59 Å². The lowest BCUT2D eigenvalue weighted by Crippen LogP contribution is -2.52. The molecule has 0 unspecified atom stereocenters. The zero-order chi connectivity index (χ0) is 19.4. The van der Waals surface area contributed by atoms with Gasteiger partial charge in [0, 0.05) is 12.2 Å². The van der Waals surface area contributed by atoms with Crippen molar-refractivity contribution in [3.05, 3.63) is 29.8 Å². The maximum Gasteiger partial charge on any atom is 0.325 e. The molecular formula is C22H30N4O2. The Morgan fingerprint density at radius 3 is 2.32 bits per heavy atom. The molecule has 28 heavy (non-hydrogen) atoms. The summed E-state index contributed by atoms with van der Waals surface area (Å²) in [5, 5.41) is 0. The van der Waals surface area contributed by atoms with Gasteiger partial charge in [-0.1, -0.05) is 12.1 Å².